The van der Waals surface area contributed by atoms with Gasteiger partial charge in [-0.25, -0.2) is 0 Å². The molecule has 2 heterocycles. The third-order valence-electron chi connectivity index (χ3n) is 11.1. The van der Waals surface area contributed by atoms with Crippen molar-refractivity contribution in [3.8, 4) is 0 Å². The van der Waals surface area contributed by atoms with Crippen LogP contribution in [-0.2, 0) is 33.4 Å². The maximum absolute atomic E-state index is 14.5. The molecule has 214 valence electrons. The van der Waals surface area contributed by atoms with Crippen LogP contribution in [0.3, 0.4) is 0 Å². The van der Waals surface area contributed by atoms with E-state index >= 15 is 0 Å². The van der Waals surface area contributed by atoms with E-state index in [0.29, 0.717) is 6.42 Å². The predicted octanol–water partition coefficient (Wildman–Crippen LogP) is 2.95. The van der Waals surface area contributed by atoms with Gasteiger partial charge in [0.25, 0.3) is 0 Å². The fourth-order valence-corrected chi connectivity index (χ4v) is 9.44. The summed E-state index contributed by atoms with van der Waals surface area (Å²) in [4.78, 5) is 53.6. The molecule has 10 atom stereocenters. The number of ether oxygens (including phenoxy) is 3. The average molecular weight is 555 g/mol. The lowest BCUT2D eigenvalue weighted by molar-refractivity contribution is -0.241. The van der Waals surface area contributed by atoms with Gasteiger partial charge in [-0.1, -0.05) is 26.8 Å². The zero-order valence-electron chi connectivity index (χ0n) is 23.3. The summed E-state index contributed by atoms with van der Waals surface area (Å²) in [7, 11) is 1.13. The summed E-state index contributed by atoms with van der Waals surface area (Å²) in [6, 6.07) is 1.81. The average Bonchev–Trinajstić information content (AvgIpc) is 3.28. The van der Waals surface area contributed by atoms with Gasteiger partial charge in [0.2, 0.25) is 5.78 Å². The van der Waals surface area contributed by atoms with E-state index < -0.39 is 80.8 Å². The number of methoxy groups -OCH3 is 1. The Labute approximate surface area is 231 Å². The molecule has 3 fully saturated rings. The minimum absolute atomic E-state index is 0.0614. The zero-order chi connectivity index (χ0) is 29.2. The van der Waals surface area contributed by atoms with Crippen molar-refractivity contribution in [2.24, 2.45) is 27.6 Å². The normalized spacial score (nSPS) is 46.7. The molecule has 0 amide bonds. The number of ketones is 2. The van der Waals surface area contributed by atoms with E-state index in [-0.39, 0.29) is 17.9 Å². The molecular weight excluding hydrogens is 520 g/mol. The van der Waals surface area contributed by atoms with Gasteiger partial charge in [0.15, 0.2) is 17.0 Å². The first-order valence-electron chi connectivity index (χ1n) is 13.6. The summed E-state index contributed by atoms with van der Waals surface area (Å²) in [5.74, 6) is -4.90. The van der Waals surface area contributed by atoms with Crippen LogP contribution in [0.25, 0.3) is 0 Å². The van der Waals surface area contributed by atoms with Crippen molar-refractivity contribution >= 4 is 23.5 Å². The number of carbonyl (C=O) groups excluding carboxylic acids is 4. The van der Waals surface area contributed by atoms with Crippen molar-refractivity contribution in [1.82, 2.24) is 0 Å². The topological polar surface area (TPSA) is 153 Å². The molecule has 0 aromatic carbocycles. The van der Waals surface area contributed by atoms with E-state index in [1.807, 2.05) is 13.0 Å². The molecule has 1 saturated heterocycles. The number of rotatable bonds is 4. The van der Waals surface area contributed by atoms with Gasteiger partial charge >= 0.3 is 11.9 Å². The monoisotopic (exact) mass is 554 g/mol. The van der Waals surface area contributed by atoms with Crippen LogP contribution >= 0.6 is 0 Å². The highest BCUT2D eigenvalue weighted by Crippen LogP contribution is 2.81. The summed E-state index contributed by atoms with van der Waals surface area (Å²) in [6.45, 7) is 8.19. The number of furan rings is 1. The second kappa shape index (κ2) is 7.94. The van der Waals surface area contributed by atoms with E-state index in [2.05, 4.69) is 0 Å². The van der Waals surface area contributed by atoms with Crippen molar-refractivity contribution in [3.05, 3.63) is 47.6 Å². The van der Waals surface area contributed by atoms with Crippen molar-refractivity contribution < 1.29 is 48.0 Å². The van der Waals surface area contributed by atoms with Crippen LogP contribution in [-0.4, -0.2) is 64.7 Å². The molecular formula is C30H34O10. The highest BCUT2D eigenvalue weighted by molar-refractivity contribution is 6.15. The fraction of sp³-hybridized carbons (Fsp3) is 0.600. The number of Topliss-reactive ketones (excluding diaryl/α,β-unsaturated/α-hetero) is 1. The van der Waals surface area contributed by atoms with Gasteiger partial charge in [0.05, 0.1) is 37.3 Å². The lowest BCUT2D eigenvalue weighted by Gasteiger charge is -2.65. The molecule has 5 aliphatic rings. The smallest absolute Gasteiger partial charge is 0.323 e. The first-order valence-corrected chi connectivity index (χ1v) is 13.6. The third kappa shape index (κ3) is 2.63. The summed E-state index contributed by atoms with van der Waals surface area (Å²) >= 11 is 0. The number of fused-ring (bicyclic) bond motifs is 3. The second-order valence-electron chi connectivity index (χ2n) is 12.6. The van der Waals surface area contributed by atoms with E-state index in [0.717, 1.165) is 12.7 Å². The number of aliphatic hydroxyl groups excluding tert-OH is 2. The van der Waals surface area contributed by atoms with Gasteiger partial charge < -0.3 is 28.8 Å². The molecule has 10 unspecified atom stereocenters. The molecule has 0 bridgehead atoms. The minimum Gasteiger partial charge on any atom is -0.504 e. The first kappa shape index (κ1) is 27.0. The number of hydrogen-bond acceptors (Lipinski definition) is 10. The maximum atomic E-state index is 14.5. The molecule has 1 aliphatic heterocycles. The SMILES string of the molecule is CCC(=O)OC1C(O)C2C3(C)C=CC(=O)C(C)(C(=O)OC)C3=C(O)C(=O)C2(C)C23OC2CC(c2ccoc2)C13C. The van der Waals surface area contributed by atoms with Crippen LogP contribution in [0.2, 0.25) is 0 Å². The zero-order valence-corrected chi connectivity index (χ0v) is 23.3. The minimum atomic E-state index is -2.01. The van der Waals surface area contributed by atoms with Crippen LogP contribution < -0.4 is 0 Å². The van der Waals surface area contributed by atoms with E-state index in [1.54, 1.807) is 27.0 Å². The molecule has 40 heavy (non-hydrogen) atoms. The number of aliphatic hydroxyl groups is 2. The summed E-state index contributed by atoms with van der Waals surface area (Å²) in [6.07, 6.45) is 3.45. The molecule has 0 radical (unpaired) electrons. The quantitative estimate of drug-likeness (QED) is 0.323. The van der Waals surface area contributed by atoms with Crippen LogP contribution in [0.4, 0.5) is 0 Å². The van der Waals surface area contributed by atoms with Crippen LogP contribution in [0, 0.1) is 27.6 Å². The van der Waals surface area contributed by atoms with Gasteiger partial charge in [0.1, 0.15) is 11.7 Å². The summed E-state index contributed by atoms with van der Waals surface area (Å²) < 4.78 is 22.8. The molecule has 1 aromatic heterocycles. The number of carbonyl (C=O) groups is 4. The van der Waals surface area contributed by atoms with Crippen molar-refractivity contribution in [2.45, 2.75) is 77.3 Å². The highest BCUT2D eigenvalue weighted by atomic mass is 16.6. The number of epoxide rings is 1. The van der Waals surface area contributed by atoms with Gasteiger partial charge in [-0.05, 0) is 38.0 Å². The Bertz CT molecular complexity index is 1410. The number of allylic oxidation sites excluding steroid dienone is 3. The predicted molar refractivity (Wildman–Crippen MR) is 137 cm³/mol. The Morgan fingerprint density at radius 3 is 2.48 bits per heavy atom. The lowest BCUT2D eigenvalue weighted by Crippen LogP contribution is -2.75. The van der Waals surface area contributed by atoms with Crippen molar-refractivity contribution in [1.29, 1.82) is 0 Å². The molecule has 1 aromatic rings. The molecule has 2 N–H and O–H groups in total. The molecule has 10 heteroatoms. The third-order valence-corrected chi connectivity index (χ3v) is 11.1. The van der Waals surface area contributed by atoms with Gasteiger partial charge in [0, 0.05) is 34.7 Å². The van der Waals surface area contributed by atoms with E-state index in [9.17, 15) is 29.4 Å². The largest absolute Gasteiger partial charge is 0.504 e. The molecule has 4 aliphatic carbocycles. The standard InChI is InChI=1S/C30H34O10/c1-7-18(32)39-24-20(34)22-26(2)10-8-16(31)27(3,25(36)37-6)21(26)19(33)23(35)29(22,5)30-17(40-30)12-15(28(24,30)4)14-9-11-38-13-14/h8-11,13,15,17,20,22,24,33-34H,7,12H2,1-6H3. The molecule has 6 rings (SSSR count). The molecule has 10 nitrogen and oxygen atoms in total. The maximum Gasteiger partial charge on any atom is 0.323 e. The summed E-state index contributed by atoms with van der Waals surface area (Å²) in [5.41, 5.74) is -6.56. The van der Waals surface area contributed by atoms with Crippen LogP contribution in [0.1, 0.15) is 58.9 Å². The highest BCUT2D eigenvalue weighted by Gasteiger charge is 2.91. The van der Waals surface area contributed by atoms with Gasteiger partial charge in [-0.15, -0.1) is 0 Å². The van der Waals surface area contributed by atoms with Gasteiger partial charge in [-0.2, -0.15) is 0 Å². The lowest BCUT2D eigenvalue weighted by atomic mass is 9.38. The van der Waals surface area contributed by atoms with E-state index in [1.165, 1.54) is 25.3 Å². The Kier molecular flexibility index (Phi) is 5.35. The number of hydrogen-bond donors (Lipinski definition) is 2. The Morgan fingerprint density at radius 1 is 1.18 bits per heavy atom. The molecule has 2 saturated carbocycles. The Balaban J connectivity index is 1.65. The van der Waals surface area contributed by atoms with Crippen molar-refractivity contribution in [2.75, 3.05) is 7.11 Å². The summed E-state index contributed by atoms with van der Waals surface area (Å²) in [5, 5.41) is 24.0. The van der Waals surface area contributed by atoms with Crippen LogP contribution in [0.15, 0.2) is 46.5 Å². The van der Waals surface area contributed by atoms with Crippen molar-refractivity contribution in [3.63, 3.8) is 0 Å². The van der Waals surface area contributed by atoms with Gasteiger partial charge in [-0.3, -0.25) is 19.2 Å². The molecule has 1 spiro atoms. The fourth-order valence-electron chi connectivity index (χ4n) is 9.44. The Hall–Kier alpha value is -3.24. The first-order chi connectivity index (χ1) is 18.7. The Morgan fingerprint density at radius 2 is 1.88 bits per heavy atom. The van der Waals surface area contributed by atoms with Crippen LogP contribution in [0.5, 0.6) is 0 Å². The van der Waals surface area contributed by atoms with E-state index in [4.69, 9.17) is 18.6 Å². The number of esters is 2. The second-order valence-corrected chi connectivity index (χ2v) is 12.6.